The van der Waals surface area contributed by atoms with Gasteiger partial charge in [0.15, 0.2) is 9.84 Å². The van der Waals surface area contributed by atoms with Gasteiger partial charge in [0, 0.05) is 24.3 Å². The predicted molar refractivity (Wildman–Crippen MR) is 83.1 cm³/mol. The summed E-state index contributed by atoms with van der Waals surface area (Å²) in [6, 6.07) is 5.02. The van der Waals surface area contributed by atoms with Gasteiger partial charge >= 0.3 is 0 Å². The van der Waals surface area contributed by atoms with Crippen LogP contribution in [0, 0.1) is 13.8 Å². The van der Waals surface area contributed by atoms with E-state index in [1.807, 2.05) is 20.8 Å². The lowest BCUT2D eigenvalue weighted by Crippen LogP contribution is -2.12. The Morgan fingerprint density at radius 3 is 2.43 bits per heavy atom. The van der Waals surface area contributed by atoms with Crippen LogP contribution in [0.2, 0.25) is 0 Å². The summed E-state index contributed by atoms with van der Waals surface area (Å²) in [6.07, 6.45) is 4.51. The Hall–Kier alpha value is -1.95. The molecule has 1 N–H and O–H groups in total. The number of nitrogens with zero attached hydrogens (tertiary/aromatic N) is 2. The molecule has 2 aromatic rings. The molecule has 0 fully saturated rings. The summed E-state index contributed by atoms with van der Waals surface area (Å²) in [6.45, 7) is 5.81. The first-order chi connectivity index (χ1) is 9.79. The number of aryl methyl sites for hydroxylation is 2. The van der Waals surface area contributed by atoms with Crippen molar-refractivity contribution in [1.29, 1.82) is 0 Å². The lowest BCUT2D eigenvalue weighted by Gasteiger charge is -2.18. The highest BCUT2D eigenvalue weighted by molar-refractivity contribution is 7.90. The summed E-state index contributed by atoms with van der Waals surface area (Å²) in [7, 11) is -3.22. The molecule has 0 aliphatic carbocycles. The lowest BCUT2D eigenvalue weighted by molar-refractivity contribution is 0.602. The van der Waals surface area contributed by atoms with Crippen LogP contribution in [0.1, 0.15) is 29.9 Å². The zero-order valence-corrected chi connectivity index (χ0v) is 13.4. The number of sulfone groups is 1. The first-order valence-electron chi connectivity index (χ1n) is 6.64. The molecule has 112 valence electrons. The largest absolute Gasteiger partial charge is 0.377 e. The van der Waals surface area contributed by atoms with E-state index in [1.54, 1.807) is 30.6 Å². The van der Waals surface area contributed by atoms with Crippen LogP contribution in [0.3, 0.4) is 0 Å². The fourth-order valence-corrected chi connectivity index (χ4v) is 2.78. The molecule has 6 heteroatoms. The van der Waals surface area contributed by atoms with Crippen LogP contribution in [0.4, 0.5) is 5.69 Å². The molecule has 0 bridgehead atoms. The van der Waals surface area contributed by atoms with Crippen LogP contribution in [-0.2, 0) is 9.84 Å². The number of rotatable bonds is 4. The summed E-state index contributed by atoms with van der Waals surface area (Å²) in [4.78, 5) is 8.86. The van der Waals surface area contributed by atoms with Gasteiger partial charge in [-0.05, 0) is 38.5 Å². The Balaban J connectivity index is 2.33. The molecule has 0 saturated carbocycles. The highest BCUT2D eigenvalue weighted by Crippen LogP contribution is 2.25. The van der Waals surface area contributed by atoms with E-state index in [0.29, 0.717) is 4.90 Å². The summed E-state index contributed by atoms with van der Waals surface area (Å²) in [5.74, 6) is 0. The molecule has 0 amide bonds. The van der Waals surface area contributed by atoms with Crippen LogP contribution in [0.15, 0.2) is 35.5 Å². The number of hydrogen-bond donors (Lipinski definition) is 1. The van der Waals surface area contributed by atoms with Gasteiger partial charge in [-0.1, -0.05) is 6.07 Å². The van der Waals surface area contributed by atoms with Crippen molar-refractivity contribution in [3.05, 3.63) is 47.5 Å². The maximum atomic E-state index is 11.7. The molecule has 1 aromatic carbocycles. The van der Waals surface area contributed by atoms with E-state index in [1.165, 1.54) is 6.26 Å². The number of aromatic nitrogens is 2. The van der Waals surface area contributed by atoms with E-state index >= 15 is 0 Å². The number of benzene rings is 1. The summed E-state index contributed by atoms with van der Waals surface area (Å²) in [5.41, 5.74) is 3.47. The van der Waals surface area contributed by atoms with Crippen LogP contribution in [-0.4, -0.2) is 24.6 Å². The fraction of sp³-hybridized carbons (Fsp3) is 0.333. The molecule has 2 rings (SSSR count). The van der Waals surface area contributed by atoms with Crippen molar-refractivity contribution in [3.63, 3.8) is 0 Å². The molecule has 0 aliphatic rings. The monoisotopic (exact) mass is 305 g/mol. The van der Waals surface area contributed by atoms with Gasteiger partial charge in [0.2, 0.25) is 0 Å². The zero-order chi connectivity index (χ0) is 15.6. The molecule has 0 radical (unpaired) electrons. The molecular weight excluding hydrogens is 286 g/mol. The molecule has 0 saturated heterocycles. The third kappa shape index (κ3) is 3.58. The Bertz CT molecular complexity index is 757. The fourth-order valence-electron chi connectivity index (χ4n) is 2.13. The Labute approximate surface area is 125 Å². The lowest BCUT2D eigenvalue weighted by atomic mass is 10.1. The van der Waals surface area contributed by atoms with Gasteiger partial charge in [0.25, 0.3) is 0 Å². The summed E-state index contributed by atoms with van der Waals surface area (Å²) in [5, 5.41) is 3.31. The van der Waals surface area contributed by atoms with Crippen molar-refractivity contribution in [3.8, 4) is 0 Å². The van der Waals surface area contributed by atoms with E-state index in [2.05, 4.69) is 15.3 Å². The molecule has 1 aromatic heterocycles. The highest BCUT2D eigenvalue weighted by atomic mass is 32.2. The van der Waals surface area contributed by atoms with Crippen molar-refractivity contribution in [1.82, 2.24) is 9.97 Å². The second-order valence-electron chi connectivity index (χ2n) is 5.14. The molecule has 1 atom stereocenters. The van der Waals surface area contributed by atoms with Crippen molar-refractivity contribution in [2.75, 3.05) is 11.6 Å². The molecule has 5 nitrogen and oxygen atoms in total. The smallest absolute Gasteiger partial charge is 0.175 e. The maximum absolute atomic E-state index is 11.7. The van der Waals surface area contributed by atoms with Crippen LogP contribution in [0.5, 0.6) is 0 Å². The standard InChI is InChI=1S/C15H19N3O2S/c1-10-5-6-13(21(4,19)20)9-14(10)18-12(3)15-11(2)16-7-8-17-15/h5-9,12,18H,1-4H3. The van der Waals surface area contributed by atoms with Crippen molar-refractivity contribution in [2.45, 2.75) is 31.7 Å². The third-order valence-corrected chi connectivity index (χ3v) is 4.45. The van der Waals surface area contributed by atoms with Gasteiger partial charge < -0.3 is 5.32 Å². The minimum absolute atomic E-state index is 0.0628. The van der Waals surface area contributed by atoms with Crippen LogP contribution < -0.4 is 5.32 Å². The van der Waals surface area contributed by atoms with Crippen molar-refractivity contribution < 1.29 is 8.42 Å². The molecule has 1 heterocycles. The summed E-state index contributed by atoms with van der Waals surface area (Å²) < 4.78 is 23.3. The zero-order valence-electron chi connectivity index (χ0n) is 12.6. The minimum Gasteiger partial charge on any atom is -0.377 e. The molecule has 0 spiro atoms. The predicted octanol–water partition coefficient (Wildman–Crippen LogP) is 2.67. The second-order valence-corrected chi connectivity index (χ2v) is 7.16. The van der Waals surface area contributed by atoms with E-state index in [0.717, 1.165) is 22.6 Å². The quantitative estimate of drug-likeness (QED) is 0.940. The molecule has 1 unspecified atom stereocenters. The van der Waals surface area contributed by atoms with Gasteiger partial charge in [-0.3, -0.25) is 9.97 Å². The molecule has 21 heavy (non-hydrogen) atoms. The average Bonchev–Trinajstić information content (AvgIpc) is 2.40. The summed E-state index contributed by atoms with van der Waals surface area (Å²) >= 11 is 0. The van der Waals surface area contributed by atoms with Crippen LogP contribution >= 0.6 is 0 Å². The molecule has 0 aliphatic heterocycles. The van der Waals surface area contributed by atoms with Gasteiger partial charge in [0.05, 0.1) is 22.3 Å². The average molecular weight is 305 g/mol. The third-order valence-electron chi connectivity index (χ3n) is 3.34. The van der Waals surface area contributed by atoms with Crippen LogP contribution in [0.25, 0.3) is 0 Å². The van der Waals surface area contributed by atoms with E-state index in [9.17, 15) is 8.42 Å². The number of hydrogen-bond acceptors (Lipinski definition) is 5. The maximum Gasteiger partial charge on any atom is 0.175 e. The van der Waals surface area contributed by atoms with Crippen molar-refractivity contribution in [2.24, 2.45) is 0 Å². The first kappa shape index (κ1) is 15.4. The topological polar surface area (TPSA) is 72.0 Å². The Kier molecular flexibility index (Phi) is 4.27. The van der Waals surface area contributed by atoms with E-state index in [4.69, 9.17) is 0 Å². The SMILES string of the molecule is Cc1ccc(S(C)(=O)=O)cc1NC(C)c1nccnc1C. The normalized spacial score (nSPS) is 13.0. The minimum atomic E-state index is -3.22. The van der Waals surface area contributed by atoms with Gasteiger partial charge in [-0.15, -0.1) is 0 Å². The highest BCUT2D eigenvalue weighted by Gasteiger charge is 2.14. The number of nitrogens with one attached hydrogen (secondary N) is 1. The number of anilines is 1. The van der Waals surface area contributed by atoms with Gasteiger partial charge in [-0.25, -0.2) is 8.42 Å². The Morgan fingerprint density at radius 1 is 1.14 bits per heavy atom. The van der Waals surface area contributed by atoms with E-state index < -0.39 is 9.84 Å². The molecular formula is C15H19N3O2S. The van der Waals surface area contributed by atoms with E-state index in [-0.39, 0.29) is 6.04 Å². The first-order valence-corrected chi connectivity index (χ1v) is 8.53. The van der Waals surface area contributed by atoms with Gasteiger partial charge in [0.1, 0.15) is 0 Å². The van der Waals surface area contributed by atoms with Gasteiger partial charge in [-0.2, -0.15) is 0 Å². The second kappa shape index (κ2) is 5.81. The Morgan fingerprint density at radius 2 is 1.81 bits per heavy atom. The van der Waals surface area contributed by atoms with Crippen molar-refractivity contribution >= 4 is 15.5 Å².